The number of aromatic nitrogens is 1. The quantitative estimate of drug-likeness (QED) is 0.595. The number of hydrogen-bond acceptors (Lipinski definition) is 5. The molecule has 0 saturated heterocycles. The van der Waals surface area contributed by atoms with Crippen LogP contribution in [-0.4, -0.2) is 31.8 Å². The van der Waals surface area contributed by atoms with Crippen molar-refractivity contribution >= 4 is 33.9 Å². The van der Waals surface area contributed by atoms with Crippen LogP contribution in [0.1, 0.15) is 5.89 Å². The van der Waals surface area contributed by atoms with Gasteiger partial charge in [0, 0.05) is 37.6 Å². The maximum atomic E-state index is 5.71. The smallest absolute Gasteiger partial charge is 0.196 e. The fourth-order valence-electron chi connectivity index (χ4n) is 1.49. The minimum Gasteiger partial charge on any atom is -0.441 e. The summed E-state index contributed by atoms with van der Waals surface area (Å²) in [5, 5.41) is 5.35. The molecule has 18 heavy (non-hydrogen) atoms. The van der Waals surface area contributed by atoms with E-state index in [0.29, 0.717) is 0 Å². The van der Waals surface area contributed by atoms with Gasteiger partial charge in [-0.15, -0.1) is 11.3 Å². The van der Waals surface area contributed by atoms with E-state index in [1.54, 1.807) is 24.6 Å². The second-order valence-electron chi connectivity index (χ2n) is 3.75. The highest BCUT2D eigenvalue weighted by atomic mass is 127. The summed E-state index contributed by atoms with van der Waals surface area (Å²) in [6, 6.07) is 2.10. The number of nitrogens with one attached hydrogen (secondary N) is 1. The van der Waals surface area contributed by atoms with Gasteiger partial charge in [0.05, 0.1) is 15.7 Å². The molecule has 0 aliphatic carbocycles. The van der Waals surface area contributed by atoms with Crippen LogP contribution in [0.3, 0.4) is 0 Å². The van der Waals surface area contributed by atoms with E-state index in [4.69, 9.17) is 9.15 Å². The predicted octanol–water partition coefficient (Wildman–Crippen LogP) is 2.79. The zero-order valence-electron chi connectivity index (χ0n) is 10.1. The van der Waals surface area contributed by atoms with Crippen molar-refractivity contribution in [2.24, 2.45) is 0 Å². The average Bonchev–Trinajstić information content (AvgIpc) is 2.97. The minimum absolute atomic E-state index is 0.726. The molecule has 0 atom stereocenters. The van der Waals surface area contributed by atoms with Gasteiger partial charge in [0.15, 0.2) is 11.7 Å². The molecule has 4 nitrogen and oxygen atoms in total. The van der Waals surface area contributed by atoms with Gasteiger partial charge in [-0.2, -0.15) is 0 Å². The van der Waals surface area contributed by atoms with Gasteiger partial charge in [-0.05, 0) is 28.7 Å². The topological polar surface area (TPSA) is 47.3 Å². The summed E-state index contributed by atoms with van der Waals surface area (Å²) in [7, 11) is 1.70. The summed E-state index contributed by atoms with van der Waals surface area (Å²) < 4.78 is 11.9. The van der Waals surface area contributed by atoms with Crippen molar-refractivity contribution in [2.45, 2.75) is 6.42 Å². The molecule has 0 radical (unpaired) electrons. The number of rotatable bonds is 7. The molecule has 6 heteroatoms. The number of oxazole rings is 1. The summed E-state index contributed by atoms with van der Waals surface area (Å²) in [5.74, 6) is 1.62. The van der Waals surface area contributed by atoms with Crippen LogP contribution in [0.25, 0.3) is 11.3 Å². The van der Waals surface area contributed by atoms with Gasteiger partial charge in [-0.1, -0.05) is 0 Å². The molecule has 1 N–H and O–H groups in total. The third kappa shape index (κ3) is 4.04. The van der Waals surface area contributed by atoms with Crippen LogP contribution < -0.4 is 5.32 Å². The maximum Gasteiger partial charge on any atom is 0.196 e. The lowest BCUT2D eigenvalue weighted by Gasteiger charge is -2.00. The Bertz CT molecular complexity index is 484. The van der Waals surface area contributed by atoms with Crippen LogP contribution in [0.15, 0.2) is 22.1 Å². The summed E-state index contributed by atoms with van der Waals surface area (Å²) >= 11 is 4.01. The van der Waals surface area contributed by atoms with Crippen LogP contribution in [0.5, 0.6) is 0 Å². The second kappa shape index (κ2) is 7.22. The first-order valence-electron chi connectivity index (χ1n) is 5.68. The van der Waals surface area contributed by atoms with Gasteiger partial charge in [0.25, 0.3) is 0 Å². The largest absolute Gasteiger partial charge is 0.441 e. The van der Waals surface area contributed by atoms with Crippen LogP contribution in [0, 0.1) is 2.88 Å². The Hall–Kier alpha value is -0.440. The van der Waals surface area contributed by atoms with E-state index >= 15 is 0 Å². The Labute approximate surface area is 124 Å². The van der Waals surface area contributed by atoms with E-state index in [1.807, 2.05) is 0 Å². The highest BCUT2D eigenvalue weighted by molar-refractivity contribution is 14.1. The Morgan fingerprint density at radius 3 is 3.11 bits per heavy atom. The van der Waals surface area contributed by atoms with Gasteiger partial charge in [-0.3, -0.25) is 0 Å². The van der Waals surface area contributed by atoms with E-state index in [9.17, 15) is 0 Å². The van der Waals surface area contributed by atoms with Crippen molar-refractivity contribution in [1.82, 2.24) is 10.3 Å². The van der Waals surface area contributed by atoms with Crippen molar-refractivity contribution in [3.05, 3.63) is 26.4 Å². The first-order chi connectivity index (χ1) is 8.79. The van der Waals surface area contributed by atoms with Crippen LogP contribution >= 0.6 is 33.9 Å². The molecule has 0 saturated carbocycles. The molecule has 98 valence electrons. The molecule has 2 aromatic heterocycles. The fraction of sp³-hybridized carbons (Fsp3) is 0.417. The fourth-order valence-corrected chi connectivity index (χ4v) is 2.83. The van der Waals surface area contributed by atoms with Crippen molar-refractivity contribution in [2.75, 3.05) is 26.8 Å². The molecule has 0 aliphatic rings. The maximum absolute atomic E-state index is 5.71. The van der Waals surface area contributed by atoms with Crippen LogP contribution in [0.2, 0.25) is 0 Å². The standard InChI is InChI=1S/C12H15IN2O2S/c1-16-5-4-14-3-2-12-15-7-10(17-12)9-6-11(13)18-8-9/h6-8,14H,2-5H2,1H3. The molecule has 0 spiro atoms. The van der Waals surface area contributed by atoms with Gasteiger partial charge in [0.2, 0.25) is 0 Å². The molecule has 2 heterocycles. The monoisotopic (exact) mass is 378 g/mol. The number of hydrogen-bond donors (Lipinski definition) is 1. The minimum atomic E-state index is 0.726. The first kappa shape index (κ1) is 14.0. The van der Waals surface area contributed by atoms with Gasteiger partial charge >= 0.3 is 0 Å². The highest BCUT2D eigenvalue weighted by Crippen LogP contribution is 2.27. The third-order valence-corrected chi connectivity index (χ3v) is 4.19. The Kier molecular flexibility index (Phi) is 5.61. The predicted molar refractivity (Wildman–Crippen MR) is 81.0 cm³/mol. The number of ether oxygens (including phenoxy) is 1. The van der Waals surface area contributed by atoms with Crippen molar-refractivity contribution < 1.29 is 9.15 Å². The average molecular weight is 378 g/mol. The second-order valence-corrected chi connectivity index (χ2v) is 6.56. The Morgan fingerprint density at radius 2 is 2.39 bits per heavy atom. The lowest BCUT2D eigenvalue weighted by Crippen LogP contribution is -2.21. The van der Waals surface area contributed by atoms with Gasteiger partial charge in [0.1, 0.15) is 0 Å². The number of methoxy groups -OCH3 is 1. The van der Waals surface area contributed by atoms with E-state index in [1.165, 1.54) is 2.88 Å². The van der Waals surface area contributed by atoms with E-state index in [2.05, 4.69) is 44.3 Å². The van der Waals surface area contributed by atoms with Crippen LogP contribution in [0.4, 0.5) is 0 Å². The molecule has 0 unspecified atom stereocenters. The lowest BCUT2D eigenvalue weighted by molar-refractivity contribution is 0.199. The molecule has 0 aromatic carbocycles. The van der Waals surface area contributed by atoms with E-state index < -0.39 is 0 Å². The zero-order chi connectivity index (χ0) is 12.8. The zero-order valence-corrected chi connectivity index (χ0v) is 13.1. The molecular formula is C12H15IN2O2S. The van der Waals surface area contributed by atoms with Gasteiger partial charge in [-0.25, -0.2) is 4.98 Å². The Morgan fingerprint density at radius 1 is 1.50 bits per heavy atom. The Balaban J connectivity index is 1.83. The summed E-state index contributed by atoms with van der Waals surface area (Å²) in [6.07, 6.45) is 2.59. The first-order valence-corrected chi connectivity index (χ1v) is 7.64. The van der Waals surface area contributed by atoms with Crippen molar-refractivity contribution in [1.29, 1.82) is 0 Å². The molecular weight excluding hydrogens is 363 g/mol. The number of nitrogens with zero attached hydrogens (tertiary/aromatic N) is 1. The van der Waals surface area contributed by atoms with E-state index in [0.717, 1.165) is 43.3 Å². The molecule has 0 bridgehead atoms. The van der Waals surface area contributed by atoms with Gasteiger partial charge < -0.3 is 14.5 Å². The summed E-state index contributed by atoms with van der Waals surface area (Å²) in [5.41, 5.74) is 1.11. The summed E-state index contributed by atoms with van der Waals surface area (Å²) in [4.78, 5) is 4.28. The third-order valence-electron chi connectivity index (χ3n) is 2.40. The van der Waals surface area contributed by atoms with Crippen molar-refractivity contribution in [3.8, 4) is 11.3 Å². The van der Waals surface area contributed by atoms with Crippen molar-refractivity contribution in [3.63, 3.8) is 0 Å². The normalized spacial score (nSPS) is 11.0. The molecule has 0 amide bonds. The molecule has 2 rings (SSSR count). The molecule has 0 fully saturated rings. The summed E-state index contributed by atoms with van der Waals surface area (Å²) in [6.45, 7) is 2.43. The van der Waals surface area contributed by atoms with Crippen LogP contribution in [-0.2, 0) is 11.2 Å². The molecule has 0 aliphatic heterocycles. The van der Waals surface area contributed by atoms with E-state index in [-0.39, 0.29) is 0 Å². The SMILES string of the molecule is COCCNCCc1ncc(-c2csc(I)c2)o1. The number of halogens is 1. The molecule has 2 aromatic rings. The highest BCUT2D eigenvalue weighted by Gasteiger charge is 2.07. The number of thiophene rings is 1. The lowest BCUT2D eigenvalue weighted by atomic mass is 10.3.